The van der Waals surface area contributed by atoms with E-state index in [0.29, 0.717) is 11.8 Å². The van der Waals surface area contributed by atoms with Crippen LogP contribution in [0.1, 0.15) is 28.9 Å². The van der Waals surface area contributed by atoms with E-state index in [1.54, 1.807) is 25.1 Å². The predicted octanol–water partition coefficient (Wildman–Crippen LogP) is 4.11. The molecule has 0 aromatic heterocycles. The molecule has 5 heteroatoms. The van der Waals surface area contributed by atoms with Gasteiger partial charge in [-0.3, -0.25) is 4.79 Å². The number of carbonyl (C=O) groups excluding carboxylic acids is 1. The van der Waals surface area contributed by atoms with Crippen molar-refractivity contribution in [2.75, 3.05) is 11.9 Å². The molecule has 2 nitrogen and oxygen atoms in total. The Hall–Kier alpha value is -2.30. The molecule has 2 aromatic rings. The van der Waals surface area contributed by atoms with Gasteiger partial charge in [-0.1, -0.05) is 18.2 Å². The van der Waals surface area contributed by atoms with Crippen LogP contribution in [0.3, 0.4) is 0 Å². The van der Waals surface area contributed by atoms with Gasteiger partial charge in [0.15, 0.2) is 0 Å². The van der Waals surface area contributed by atoms with E-state index < -0.39 is 23.5 Å². The molecule has 0 aliphatic carbocycles. The summed E-state index contributed by atoms with van der Waals surface area (Å²) in [5, 5.41) is 0. The van der Waals surface area contributed by atoms with Crippen molar-refractivity contribution >= 4 is 12.0 Å². The van der Waals surface area contributed by atoms with Gasteiger partial charge in [0, 0.05) is 18.2 Å². The van der Waals surface area contributed by atoms with E-state index in [1.807, 2.05) is 0 Å². The molecule has 0 amide bonds. The Labute approximate surface area is 120 Å². The number of aldehydes is 1. The van der Waals surface area contributed by atoms with Gasteiger partial charge in [-0.2, -0.15) is 0 Å². The summed E-state index contributed by atoms with van der Waals surface area (Å²) in [4.78, 5) is 11.9. The molecule has 0 radical (unpaired) electrons. The molecule has 0 aliphatic heterocycles. The quantitative estimate of drug-likeness (QED) is 0.791. The predicted molar refractivity (Wildman–Crippen MR) is 75.0 cm³/mol. The normalized spacial score (nSPS) is 12.0. The Kier molecular flexibility index (Phi) is 4.31. The van der Waals surface area contributed by atoms with Gasteiger partial charge in [0.2, 0.25) is 0 Å². The lowest BCUT2D eigenvalue weighted by Gasteiger charge is -2.28. The minimum atomic E-state index is -0.859. The number of halogens is 3. The molecule has 0 fully saturated rings. The molecule has 110 valence electrons. The van der Waals surface area contributed by atoms with Gasteiger partial charge in [0.1, 0.15) is 29.4 Å². The molecule has 0 heterocycles. The highest BCUT2D eigenvalue weighted by Crippen LogP contribution is 2.31. The lowest BCUT2D eigenvalue weighted by Crippen LogP contribution is -2.24. The third kappa shape index (κ3) is 2.91. The van der Waals surface area contributed by atoms with Gasteiger partial charge >= 0.3 is 0 Å². The van der Waals surface area contributed by atoms with E-state index in [4.69, 9.17) is 0 Å². The fourth-order valence-electron chi connectivity index (χ4n) is 2.21. The van der Waals surface area contributed by atoms with Crippen LogP contribution >= 0.6 is 0 Å². The van der Waals surface area contributed by atoms with Gasteiger partial charge in [0.05, 0.1) is 6.04 Å². The second-order valence-electron chi connectivity index (χ2n) is 4.76. The average molecular weight is 293 g/mol. The molecule has 0 N–H and O–H groups in total. The average Bonchev–Trinajstić information content (AvgIpc) is 2.46. The summed E-state index contributed by atoms with van der Waals surface area (Å²) < 4.78 is 41.8. The van der Waals surface area contributed by atoms with Crippen LogP contribution < -0.4 is 4.90 Å². The third-order valence-electron chi connectivity index (χ3n) is 3.46. The summed E-state index contributed by atoms with van der Waals surface area (Å²) in [5.41, 5.74) is -0.0460. The fraction of sp³-hybridized carbons (Fsp3) is 0.188. The number of carbonyl (C=O) groups is 1. The summed E-state index contributed by atoms with van der Waals surface area (Å²) in [6, 6.07) is 7.40. The van der Waals surface area contributed by atoms with Crippen molar-refractivity contribution in [2.45, 2.75) is 13.0 Å². The fourth-order valence-corrected chi connectivity index (χ4v) is 2.21. The maximum Gasteiger partial charge on any atom is 0.150 e. The van der Waals surface area contributed by atoms with Crippen LogP contribution in [0, 0.1) is 17.5 Å². The second kappa shape index (κ2) is 5.99. The highest BCUT2D eigenvalue weighted by molar-refractivity contribution is 5.76. The molecule has 0 bridgehead atoms. The molecule has 21 heavy (non-hydrogen) atoms. The number of anilines is 1. The van der Waals surface area contributed by atoms with Crippen LogP contribution in [0.4, 0.5) is 18.9 Å². The van der Waals surface area contributed by atoms with Crippen LogP contribution in [-0.2, 0) is 0 Å². The van der Waals surface area contributed by atoms with Crippen molar-refractivity contribution in [3.05, 3.63) is 65.0 Å². The lowest BCUT2D eigenvalue weighted by molar-refractivity contribution is 0.112. The first-order chi connectivity index (χ1) is 9.95. The van der Waals surface area contributed by atoms with Crippen molar-refractivity contribution in [1.29, 1.82) is 0 Å². The highest BCUT2D eigenvalue weighted by Gasteiger charge is 2.22. The first kappa shape index (κ1) is 15.1. The molecule has 2 aromatic carbocycles. The van der Waals surface area contributed by atoms with Crippen LogP contribution in [0.25, 0.3) is 0 Å². The first-order valence-corrected chi connectivity index (χ1v) is 6.37. The van der Waals surface area contributed by atoms with Gasteiger partial charge in [-0.15, -0.1) is 0 Å². The molecule has 1 atom stereocenters. The third-order valence-corrected chi connectivity index (χ3v) is 3.46. The van der Waals surface area contributed by atoms with Crippen molar-refractivity contribution in [2.24, 2.45) is 0 Å². The Balaban J connectivity index is 2.43. The summed E-state index contributed by atoms with van der Waals surface area (Å²) in [6.07, 6.45) is 0.371. The Morgan fingerprint density at radius 3 is 2.14 bits per heavy atom. The van der Waals surface area contributed by atoms with Crippen molar-refractivity contribution in [3.8, 4) is 0 Å². The summed E-state index contributed by atoms with van der Waals surface area (Å²) in [7, 11) is 1.47. The topological polar surface area (TPSA) is 20.3 Å². The molecule has 0 spiro atoms. The van der Waals surface area contributed by atoms with E-state index in [1.165, 1.54) is 18.0 Å². The summed E-state index contributed by atoms with van der Waals surface area (Å²) in [5.74, 6) is -2.16. The van der Waals surface area contributed by atoms with Crippen LogP contribution in [0.5, 0.6) is 0 Å². The van der Waals surface area contributed by atoms with Gasteiger partial charge in [-0.05, 0) is 25.1 Å². The molecule has 2 rings (SSSR count). The van der Waals surface area contributed by atoms with Crippen molar-refractivity contribution < 1.29 is 18.0 Å². The SMILES string of the molecule is CC(c1ccccc1F)N(C)c1c(F)cc(C=O)cc1F. The number of hydrogen-bond acceptors (Lipinski definition) is 2. The van der Waals surface area contributed by atoms with E-state index in [0.717, 1.165) is 12.1 Å². The number of hydrogen-bond donors (Lipinski definition) is 0. The lowest BCUT2D eigenvalue weighted by atomic mass is 10.1. The second-order valence-corrected chi connectivity index (χ2v) is 4.76. The molecule has 0 saturated carbocycles. The first-order valence-electron chi connectivity index (χ1n) is 6.37. The molecular formula is C16H14F3NO. The maximum atomic E-state index is 14.0. The van der Waals surface area contributed by atoms with Crippen LogP contribution in [0.2, 0.25) is 0 Å². The minimum absolute atomic E-state index is 0.0827. The monoisotopic (exact) mass is 293 g/mol. The van der Waals surface area contributed by atoms with E-state index >= 15 is 0 Å². The van der Waals surface area contributed by atoms with E-state index in [-0.39, 0.29) is 11.3 Å². The van der Waals surface area contributed by atoms with Gasteiger partial charge < -0.3 is 4.90 Å². The summed E-state index contributed by atoms with van der Waals surface area (Å²) in [6.45, 7) is 1.64. The van der Waals surface area contributed by atoms with Crippen molar-refractivity contribution in [1.82, 2.24) is 0 Å². The van der Waals surface area contributed by atoms with Crippen LogP contribution in [-0.4, -0.2) is 13.3 Å². The minimum Gasteiger partial charge on any atom is -0.363 e. The van der Waals surface area contributed by atoms with Gasteiger partial charge in [-0.25, -0.2) is 13.2 Å². The summed E-state index contributed by atoms with van der Waals surface area (Å²) >= 11 is 0. The van der Waals surface area contributed by atoms with E-state index in [2.05, 4.69) is 0 Å². The zero-order chi connectivity index (χ0) is 15.6. The Morgan fingerprint density at radius 2 is 1.62 bits per heavy atom. The zero-order valence-electron chi connectivity index (χ0n) is 11.6. The van der Waals surface area contributed by atoms with Gasteiger partial charge in [0.25, 0.3) is 0 Å². The molecule has 0 saturated heterocycles. The molecule has 1 unspecified atom stereocenters. The molecule has 0 aliphatic rings. The van der Waals surface area contributed by atoms with Crippen molar-refractivity contribution in [3.63, 3.8) is 0 Å². The smallest absolute Gasteiger partial charge is 0.150 e. The Morgan fingerprint density at radius 1 is 1.05 bits per heavy atom. The Bertz CT molecular complexity index is 649. The van der Waals surface area contributed by atoms with E-state index in [9.17, 15) is 18.0 Å². The number of nitrogens with zero attached hydrogens (tertiary/aromatic N) is 1. The van der Waals surface area contributed by atoms with Crippen LogP contribution in [0.15, 0.2) is 36.4 Å². The number of benzene rings is 2. The highest BCUT2D eigenvalue weighted by atomic mass is 19.1. The standard InChI is InChI=1S/C16H14F3NO/c1-10(12-5-3-4-6-13(12)17)20(2)16-14(18)7-11(9-21)8-15(16)19/h3-10H,1-2H3. The zero-order valence-corrected chi connectivity index (χ0v) is 11.6. The largest absolute Gasteiger partial charge is 0.363 e. The molecular weight excluding hydrogens is 279 g/mol. The number of rotatable bonds is 4. The maximum absolute atomic E-state index is 14.0.